The highest BCUT2D eigenvalue weighted by atomic mass is 16.1. The van der Waals surface area contributed by atoms with E-state index in [9.17, 15) is 4.79 Å². The summed E-state index contributed by atoms with van der Waals surface area (Å²) in [4.78, 5) is 11.9. The van der Waals surface area contributed by atoms with E-state index in [1.807, 2.05) is 37.3 Å². The van der Waals surface area contributed by atoms with E-state index in [0.29, 0.717) is 5.56 Å². The lowest BCUT2D eigenvalue weighted by molar-refractivity contribution is 0.839. The first kappa shape index (κ1) is 11.6. The zero-order chi connectivity index (χ0) is 12.4. The Labute approximate surface area is 101 Å². The standard InChI is InChI=1S/C14H16N2O/c1-10-3-5-11(6-4-10)13-8-7-12(9-15)14(17)16(13)2/h3-8H,9,15H2,1-2H3. The van der Waals surface area contributed by atoms with Gasteiger partial charge in [-0.05, 0) is 18.6 Å². The summed E-state index contributed by atoms with van der Waals surface area (Å²) in [5, 5.41) is 0. The fraction of sp³-hybridized carbons (Fsp3) is 0.214. The second-order valence-electron chi connectivity index (χ2n) is 4.18. The minimum Gasteiger partial charge on any atom is -0.326 e. The Morgan fingerprint density at radius 2 is 1.76 bits per heavy atom. The van der Waals surface area contributed by atoms with Crippen molar-refractivity contribution in [3.63, 3.8) is 0 Å². The maximum absolute atomic E-state index is 11.9. The summed E-state index contributed by atoms with van der Waals surface area (Å²) in [6.45, 7) is 2.32. The maximum atomic E-state index is 11.9. The van der Waals surface area contributed by atoms with Crippen LogP contribution in [0, 0.1) is 6.92 Å². The number of pyridine rings is 1. The molecule has 0 spiro atoms. The third kappa shape index (κ3) is 2.15. The number of aromatic nitrogens is 1. The summed E-state index contributed by atoms with van der Waals surface area (Å²) in [6, 6.07) is 11.9. The smallest absolute Gasteiger partial charge is 0.255 e. The first-order valence-corrected chi connectivity index (χ1v) is 5.59. The average molecular weight is 228 g/mol. The Hall–Kier alpha value is -1.87. The lowest BCUT2D eigenvalue weighted by Gasteiger charge is -2.10. The molecule has 0 unspecified atom stereocenters. The molecule has 88 valence electrons. The predicted octanol–water partition coefficient (Wildman–Crippen LogP) is 1.82. The zero-order valence-electron chi connectivity index (χ0n) is 10.1. The van der Waals surface area contributed by atoms with Crippen molar-refractivity contribution in [2.45, 2.75) is 13.5 Å². The monoisotopic (exact) mass is 228 g/mol. The molecule has 0 radical (unpaired) electrons. The number of rotatable bonds is 2. The minimum absolute atomic E-state index is 0.0226. The molecule has 17 heavy (non-hydrogen) atoms. The molecule has 0 aliphatic heterocycles. The summed E-state index contributed by atoms with van der Waals surface area (Å²) < 4.78 is 1.65. The summed E-state index contributed by atoms with van der Waals surface area (Å²) >= 11 is 0. The molecule has 1 heterocycles. The molecule has 0 aliphatic carbocycles. The maximum Gasteiger partial charge on any atom is 0.255 e. The van der Waals surface area contributed by atoms with Crippen molar-refractivity contribution in [1.29, 1.82) is 0 Å². The molecular weight excluding hydrogens is 212 g/mol. The van der Waals surface area contributed by atoms with Crippen molar-refractivity contribution in [3.8, 4) is 11.3 Å². The molecule has 0 bridgehead atoms. The third-order valence-corrected chi connectivity index (χ3v) is 2.95. The van der Waals surface area contributed by atoms with Crippen molar-refractivity contribution in [2.24, 2.45) is 12.8 Å². The van der Waals surface area contributed by atoms with Crippen LogP contribution in [0.5, 0.6) is 0 Å². The molecule has 0 saturated carbocycles. The van der Waals surface area contributed by atoms with E-state index >= 15 is 0 Å². The summed E-state index contributed by atoms with van der Waals surface area (Å²) in [5.74, 6) is 0. The molecular formula is C14H16N2O. The van der Waals surface area contributed by atoms with E-state index in [2.05, 4.69) is 0 Å². The topological polar surface area (TPSA) is 48.0 Å². The van der Waals surface area contributed by atoms with Crippen LogP contribution < -0.4 is 11.3 Å². The molecule has 0 atom stereocenters. The molecule has 1 aromatic carbocycles. The molecule has 1 aromatic heterocycles. The number of aryl methyl sites for hydroxylation is 1. The highest BCUT2D eigenvalue weighted by Gasteiger charge is 2.06. The van der Waals surface area contributed by atoms with Gasteiger partial charge in [0.1, 0.15) is 0 Å². The van der Waals surface area contributed by atoms with E-state index in [4.69, 9.17) is 5.73 Å². The van der Waals surface area contributed by atoms with Gasteiger partial charge in [0.15, 0.2) is 0 Å². The lowest BCUT2D eigenvalue weighted by Crippen LogP contribution is -2.23. The number of nitrogens with zero attached hydrogens (tertiary/aromatic N) is 1. The second-order valence-corrected chi connectivity index (χ2v) is 4.18. The Morgan fingerprint density at radius 3 is 2.35 bits per heavy atom. The minimum atomic E-state index is -0.0226. The van der Waals surface area contributed by atoms with Crippen LogP contribution in [0.4, 0.5) is 0 Å². The average Bonchev–Trinajstić information content (AvgIpc) is 2.34. The normalized spacial score (nSPS) is 10.5. The molecule has 2 N–H and O–H groups in total. The van der Waals surface area contributed by atoms with Gasteiger partial charge in [0.2, 0.25) is 0 Å². The van der Waals surface area contributed by atoms with Crippen molar-refractivity contribution >= 4 is 0 Å². The summed E-state index contributed by atoms with van der Waals surface area (Å²) in [6.07, 6.45) is 0. The van der Waals surface area contributed by atoms with Crippen molar-refractivity contribution in [3.05, 3.63) is 57.9 Å². The second kappa shape index (κ2) is 4.55. The van der Waals surface area contributed by atoms with Gasteiger partial charge in [-0.2, -0.15) is 0 Å². The Bertz CT molecular complexity index is 582. The van der Waals surface area contributed by atoms with E-state index < -0.39 is 0 Å². The van der Waals surface area contributed by atoms with Gasteiger partial charge < -0.3 is 10.3 Å². The van der Waals surface area contributed by atoms with Crippen molar-refractivity contribution in [1.82, 2.24) is 4.57 Å². The first-order valence-electron chi connectivity index (χ1n) is 5.59. The molecule has 0 aliphatic rings. The van der Waals surface area contributed by atoms with Gasteiger partial charge in [0.25, 0.3) is 5.56 Å². The van der Waals surface area contributed by atoms with Gasteiger partial charge in [-0.25, -0.2) is 0 Å². The molecule has 2 aromatic rings. The fourth-order valence-electron chi connectivity index (χ4n) is 1.86. The van der Waals surface area contributed by atoms with Gasteiger partial charge in [0, 0.05) is 19.2 Å². The van der Waals surface area contributed by atoms with Crippen LogP contribution in [0.25, 0.3) is 11.3 Å². The van der Waals surface area contributed by atoms with Crippen LogP contribution >= 0.6 is 0 Å². The van der Waals surface area contributed by atoms with E-state index in [0.717, 1.165) is 11.3 Å². The van der Waals surface area contributed by atoms with Gasteiger partial charge in [0.05, 0.1) is 5.69 Å². The predicted molar refractivity (Wildman–Crippen MR) is 69.7 cm³/mol. The molecule has 3 heteroatoms. The molecule has 0 saturated heterocycles. The SMILES string of the molecule is Cc1ccc(-c2ccc(CN)c(=O)n2C)cc1. The van der Waals surface area contributed by atoms with Crippen LogP contribution in [0.1, 0.15) is 11.1 Å². The highest BCUT2D eigenvalue weighted by Crippen LogP contribution is 2.18. The highest BCUT2D eigenvalue weighted by molar-refractivity contribution is 5.60. The number of hydrogen-bond acceptors (Lipinski definition) is 2. The Balaban J connectivity index is 2.57. The molecule has 3 nitrogen and oxygen atoms in total. The third-order valence-electron chi connectivity index (χ3n) is 2.95. The quantitative estimate of drug-likeness (QED) is 0.852. The van der Waals surface area contributed by atoms with Crippen molar-refractivity contribution < 1.29 is 0 Å². The van der Waals surface area contributed by atoms with Crippen LogP contribution in [-0.4, -0.2) is 4.57 Å². The largest absolute Gasteiger partial charge is 0.326 e. The van der Waals surface area contributed by atoms with Gasteiger partial charge in [-0.3, -0.25) is 4.79 Å². The van der Waals surface area contributed by atoms with Gasteiger partial charge >= 0.3 is 0 Å². The van der Waals surface area contributed by atoms with E-state index in [1.165, 1.54) is 5.56 Å². The lowest BCUT2D eigenvalue weighted by atomic mass is 10.1. The van der Waals surface area contributed by atoms with E-state index in [1.54, 1.807) is 17.7 Å². The molecule has 0 amide bonds. The van der Waals surface area contributed by atoms with Crippen LogP contribution in [0.15, 0.2) is 41.2 Å². The summed E-state index contributed by atoms with van der Waals surface area (Å²) in [7, 11) is 1.77. The van der Waals surface area contributed by atoms with E-state index in [-0.39, 0.29) is 12.1 Å². The molecule has 2 rings (SSSR count). The number of hydrogen-bond donors (Lipinski definition) is 1. The van der Waals surface area contributed by atoms with Gasteiger partial charge in [-0.1, -0.05) is 35.9 Å². The Morgan fingerprint density at radius 1 is 1.12 bits per heavy atom. The zero-order valence-corrected chi connectivity index (χ0v) is 10.1. The van der Waals surface area contributed by atoms with Crippen LogP contribution in [-0.2, 0) is 13.6 Å². The number of nitrogens with two attached hydrogens (primary N) is 1. The summed E-state index contributed by atoms with van der Waals surface area (Å²) in [5.41, 5.74) is 9.29. The molecule has 0 fully saturated rings. The van der Waals surface area contributed by atoms with Gasteiger partial charge in [-0.15, -0.1) is 0 Å². The Kier molecular flexibility index (Phi) is 3.11. The van der Waals surface area contributed by atoms with Crippen molar-refractivity contribution in [2.75, 3.05) is 0 Å². The number of benzene rings is 1. The fourth-order valence-corrected chi connectivity index (χ4v) is 1.86. The first-order chi connectivity index (χ1) is 8.13. The van der Waals surface area contributed by atoms with Crippen LogP contribution in [0.2, 0.25) is 0 Å². The van der Waals surface area contributed by atoms with Crippen LogP contribution in [0.3, 0.4) is 0 Å².